The summed E-state index contributed by atoms with van der Waals surface area (Å²) >= 11 is 1.90. The first kappa shape index (κ1) is 18.0. The smallest absolute Gasteiger partial charge is 0.00489 e. The molecule has 1 heterocycles. The summed E-state index contributed by atoms with van der Waals surface area (Å²) in [5, 5.41) is 0. The van der Waals surface area contributed by atoms with Crippen LogP contribution in [0.1, 0.15) is 54.3 Å². The van der Waals surface area contributed by atoms with Gasteiger partial charge in [0.2, 0.25) is 0 Å². The van der Waals surface area contributed by atoms with Crippen LogP contribution in [0.3, 0.4) is 0 Å². The molecule has 2 rings (SSSR count). The van der Waals surface area contributed by atoms with Gasteiger partial charge in [0.15, 0.2) is 0 Å². The lowest BCUT2D eigenvalue weighted by atomic mass is 9.90. The third-order valence-electron chi connectivity index (χ3n) is 5.30. The molecule has 21 heavy (non-hydrogen) atoms. The minimum absolute atomic E-state index is 1.45. The molecule has 0 unspecified atom stereocenters. The molecule has 0 aliphatic rings. The van der Waals surface area contributed by atoms with Gasteiger partial charge >= 0.3 is 0 Å². The van der Waals surface area contributed by atoms with Gasteiger partial charge in [0, 0.05) is 9.75 Å². The zero-order valence-corrected chi connectivity index (χ0v) is 16.2. The van der Waals surface area contributed by atoms with Crippen LogP contribution in [0.15, 0.2) is 0 Å². The van der Waals surface area contributed by atoms with Crippen LogP contribution in [0.25, 0.3) is 0 Å². The first-order valence-corrected chi connectivity index (χ1v) is 8.47. The van der Waals surface area contributed by atoms with Crippen molar-refractivity contribution in [1.82, 2.24) is 0 Å². The maximum absolute atomic E-state index is 2.21. The third-order valence-corrected chi connectivity index (χ3v) is 6.52. The Hall–Kier alpha value is -1.08. The molecule has 2 aromatic rings. The van der Waals surface area contributed by atoms with E-state index in [9.17, 15) is 0 Å². The molecule has 0 nitrogen and oxygen atoms in total. The SMILES string of the molecule is Cc1c(C)c(C)c(C)c(C)c1C.Cc1sc(C)c(C)c1C. The summed E-state index contributed by atoms with van der Waals surface area (Å²) in [6.07, 6.45) is 0. The van der Waals surface area contributed by atoms with Crippen molar-refractivity contribution in [2.24, 2.45) is 0 Å². The lowest BCUT2D eigenvalue weighted by Crippen LogP contribution is -1.98. The van der Waals surface area contributed by atoms with Gasteiger partial charge in [0.25, 0.3) is 0 Å². The highest BCUT2D eigenvalue weighted by Crippen LogP contribution is 2.25. The Morgan fingerprint density at radius 1 is 0.333 bits per heavy atom. The maximum atomic E-state index is 2.21. The molecule has 0 bridgehead atoms. The van der Waals surface area contributed by atoms with Crippen LogP contribution < -0.4 is 0 Å². The second kappa shape index (κ2) is 6.79. The van der Waals surface area contributed by atoms with Gasteiger partial charge in [-0.2, -0.15) is 0 Å². The van der Waals surface area contributed by atoms with Crippen LogP contribution >= 0.6 is 11.3 Å². The molecule has 0 saturated heterocycles. The summed E-state index contributed by atoms with van der Waals surface area (Å²) in [6, 6.07) is 0. The molecule has 0 aliphatic heterocycles. The first-order valence-electron chi connectivity index (χ1n) is 7.66. The quantitative estimate of drug-likeness (QED) is 0.519. The summed E-state index contributed by atoms with van der Waals surface area (Å²) in [7, 11) is 0. The molecule has 116 valence electrons. The van der Waals surface area contributed by atoms with E-state index in [1.165, 1.54) is 54.3 Å². The third kappa shape index (κ3) is 3.58. The standard InChI is InChI=1S/C12H18.C8H12S/c1-7-8(2)10(4)12(6)11(5)9(7)3;1-5-6(2)8(4)9-7(5)3/h1-6H3;1-4H3. The van der Waals surface area contributed by atoms with Crippen LogP contribution in [-0.2, 0) is 0 Å². The number of rotatable bonds is 0. The molecule has 0 N–H and O–H groups in total. The molecule has 0 saturated carbocycles. The lowest BCUT2D eigenvalue weighted by molar-refractivity contribution is 1.13. The Morgan fingerprint density at radius 2 is 0.524 bits per heavy atom. The number of benzene rings is 1. The average Bonchev–Trinajstić information content (AvgIpc) is 2.68. The van der Waals surface area contributed by atoms with Crippen LogP contribution in [0.2, 0.25) is 0 Å². The zero-order valence-electron chi connectivity index (χ0n) is 15.4. The van der Waals surface area contributed by atoms with Crippen molar-refractivity contribution in [3.05, 3.63) is 54.3 Å². The predicted molar refractivity (Wildman–Crippen MR) is 98.1 cm³/mol. The van der Waals surface area contributed by atoms with E-state index in [-0.39, 0.29) is 0 Å². The Bertz CT molecular complexity index is 530. The minimum atomic E-state index is 1.45. The molecule has 1 heteroatoms. The number of aryl methyl sites for hydroxylation is 2. The summed E-state index contributed by atoms with van der Waals surface area (Å²) in [5.41, 5.74) is 11.7. The van der Waals surface area contributed by atoms with Crippen molar-refractivity contribution in [3.8, 4) is 0 Å². The van der Waals surface area contributed by atoms with Gasteiger partial charge in [0.1, 0.15) is 0 Å². The Kier molecular flexibility index (Phi) is 5.81. The molecule has 0 spiro atoms. The monoisotopic (exact) mass is 302 g/mol. The van der Waals surface area contributed by atoms with Gasteiger partial charge in [-0.3, -0.25) is 0 Å². The number of hydrogen-bond donors (Lipinski definition) is 0. The zero-order chi connectivity index (χ0) is 16.5. The van der Waals surface area contributed by atoms with Crippen molar-refractivity contribution < 1.29 is 0 Å². The maximum Gasteiger partial charge on any atom is 0.00489 e. The second-order valence-electron chi connectivity index (χ2n) is 6.21. The average molecular weight is 303 g/mol. The van der Waals surface area contributed by atoms with E-state index in [4.69, 9.17) is 0 Å². The molecular formula is C20H30S. The van der Waals surface area contributed by atoms with E-state index in [1.807, 2.05) is 11.3 Å². The van der Waals surface area contributed by atoms with Crippen LogP contribution in [0.4, 0.5) is 0 Å². The van der Waals surface area contributed by atoms with Crippen molar-refractivity contribution >= 4 is 11.3 Å². The fourth-order valence-corrected chi connectivity index (χ4v) is 3.67. The molecule has 1 aromatic heterocycles. The van der Waals surface area contributed by atoms with E-state index < -0.39 is 0 Å². The van der Waals surface area contributed by atoms with Crippen molar-refractivity contribution in [1.29, 1.82) is 0 Å². The topological polar surface area (TPSA) is 0 Å². The second-order valence-corrected chi connectivity index (χ2v) is 7.64. The summed E-state index contributed by atoms with van der Waals surface area (Å²) in [5.74, 6) is 0. The van der Waals surface area contributed by atoms with Crippen molar-refractivity contribution in [3.63, 3.8) is 0 Å². The summed E-state index contributed by atoms with van der Waals surface area (Å²) < 4.78 is 0. The van der Waals surface area contributed by atoms with E-state index in [0.29, 0.717) is 0 Å². The fourth-order valence-electron chi connectivity index (χ4n) is 2.60. The predicted octanol–water partition coefficient (Wildman–Crippen LogP) is 6.52. The highest BCUT2D eigenvalue weighted by molar-refractivity contribution is 7.12. The lowest BCUT2D eigenvalue weighted by Gasteiger charge is -2.15. The highest BCUT2D eigenvalue weighted by atomic mass is 32.1. The summed E-state index contributed by atoms with van der Waals surface area (Å²) in [4.78, 5) is 2.93. The van der Waals surface area contributed by atoms with Crippen molar-refractivity contribution in [2.75, 3.05) is 0 Å². The minimum Gasteiger partial charge on any atom is -0.145 e. The van der Waals surface area contributed by atoms with Crippen LogP contribution in [0, 0.1) is 69.2 Å². The van der Waals surface area contributed by atoms with E-state index in [1.54, 1.807) is 0 Å². The highest BCUT2D eigenvalue weighted by Gasteiger charge is 2.07. The molecule has 0 atom stereocenters. The van der Waals surface area contributed by atoms with Crippen LogP contribution in [0.5, 0.6) is 0 Å². The van der Waals surface area contributed by atoms with Gasteiger partial charge in [-0.15, -0.1) is 11.3 Å². The molecule has 0 radical (unpaired) electrons. The molecule has 0 amide bonds. The summed E-state index contributed by atoms with van der Waals surface area (Å²) in [6.45, 7) is 22.0. The Labute approximate surface area is 135 Å². The first-order chi connectivity index (χ1) is 9.59. The van der Waals surface area contributed by atoms with E-state index >= 15 is 0 Å². The molecule has 0 aliphatic carbocycles. The normalized spacial score (nSPS) is 10.4. The molecule has 0 fully saturated rings. The molecule has 1 aromatic carbocycles. The Morgan fingerprint density at radius 3 is 0.619 bits per heavy atom. The van der Waals surface area contributed by atoms with Gasteiger partial charge < -0.3 is 0 Å². The largest absolute Gasteiger partial charge is 0.145 e. The van der Waals surface area contributed by atoms with Crippen molar-refractivity contribution in [2.45, 2.75) is 69.2 Å². The van der Waals surface area contributed by atoms with Gasteiger partial charge in [0.05, 0.1) is 0 Å². The van der Waals surface area contributed by atoms with E-state index in [0.717, 1.165) is 0 Å². The molecular weight excluding hydrogens is 272 g/mol. The number of thiophene rings is 1. The van der Waals surface area contributed by atoms with Gasteiger partial charge in [-0.05, 0) is 114 Å². The Balaban J connectivity index is 0.000000219. The van der Waals surface area contributed by atoms with Gasteiger partial charge in [-0.25, -0.2) is 0 Å². The van der Waals surface area contributed by atoms with Crippen LogP contribution in [-0.4, -0.2) is 0 Å². The number of hydrogen-bond acceptors (Lipinski definition) is 1. The fraction of sp³-hybridized carbons (Fsp3) is 0.500. The van der Waals surface area contributed by atoms with E-state index in [2.05, 4.69) is 69.2 Å². The van der Waals surface area contributed by atoms with Gasteiger partial charge in [-0.1, -0.05) is 0 Å².